The highest BCUT2D eigenvalue weighted by Gasteiger charge is 2.40. The lowest BCUT2D eigenvalue weighted by molar-refractivity contribution is -0.117. The molecule has 3 amide bonds. The molecular weight excluding hydrogens is 683 g/mol. The van der Waals surface area contributed by atoms with Gasteiger partial charge in [0.05, 0.1) is 46.7 Å². The van der Waals surface area contributed by atoms with Crippen molar-refractivity contribution in [3.8, 4) is 11.1 Å². The first kappa shape index (κ1) is 34.4. The minimum atomic E-state index is -0.288. The lowest BCUT2D eigenvalue weighted by Gasteiger charge is -2.45. The number of rotatable bonds is 11. The zero-order valence-corrected chi connectivity index (χ0v) is 31.1. The quantitative estimate of drug-likeness (QED) is 0.181. The van der Waals surface area contributed by atoms with Crippen LogP contribution in [-0.2, 0) is 4.79 Å². The second-order valence-electron chi connectivity index (χ2n) is 15.5. The summed E-state index contributed by atoms with van der Waals surface area (Å²) in [5.41, 5.74) is 7.27. The summed E-state index contributed by atoms with van der Waals surface area (Å²) in [6, 6.07) is 14.1. The molecule has 0 bridgehead atoms. The number of fused-ring (bicyclic) bond motifs is 3. The molecule has 3 aliphatic heterocycles. The molecule has 0 unspecified atom stereocenters. The Labute approximate surface area is 314 Å². The molecule has 3 N–H and O–H groups in total. The van der Waals surface area contributed by atoms with Crippen LogP contribution in [0.25, 0.3) is 11.1 Å². The molecule has 2 atom stereocenters. The molecule has 280 valence electrons. The Morgan fingerprint density at radius 3 is 2.46 bits per heavy atom. The number of amides is 3. The van der Waals surface area contributed by atoms with E-state index in [9.17, 15) is 14.4 Å². The maximum absolute atomic E-state index is 13.3. The van der Waals surface area contributed by atoms with Gasteiger partial charge in [-0.3, -0.25) is 24.0 Å². The number of para-hydroxylation sites is 1. The number of benzene rings is 1. The fourth-order valence-electron chi connectivity index (χ4n) is 8.20. The van der Waals surface area contributed by atoms with E-state index in [0.717, 1.165) is 99.3 Å². The molecule has 4 aromatic rings. The largest absolute Gasteiger partial charge is 0.364 e. The molecule has 54 heavy (non-hydrogen) atoms. The van der Waals surface area contributed by atoms with Gasteiger partial charge in [-0.1, -0.05) is 25.1 Å². The first-order valence-corrected chi connectivity index (χ1v) is 19.5. The SMILES string of the molecule is CC[C@H]1c2c(cnn2C2CN([C@H](C)c3cccc(C(=O)N4CCCC4)n3)C2)-c2cccc(Nc3cc(NC(=O)C4CC4)nnc3C(=O)NC3CC3)c2N1C. The third kappa shape index (κ3) is 6.35. The van der Waals surface area contributed by atoms with Crippen LogP contribution in [0, 0.1) is 5.92 Å². The second kappa shape index (κ2) is 13.8. The molecule has 4 fully saturated rings. The molecule has 9 rings (SSSR count). The van der Waals surface area contributed by atoms with E-state index < -0.39 is 0 Å². The Morgan fingerprint density at radius 2 is 1.72 bits per heavy atom. The van der Waals surface area contributed by atoms with Gasteiger partial charge in [0.25, 0.3) is 11.8 Å². The van der Waals surface area contributed by atoms with Crippen LogP contribution in [0.2, 0.25) is 0 Å². The summed E-state index contributed by atoms with van der Waals surface area (Å²) in [6.45, 7) is 7.64. The second-order valence-corrected chi connectivity index (χ2v) is 15.5. The monoisotopic (exact) mass is 729 g/mol. The summed E-state index contributed by atoms with van der Waals surface area (Å²) in [4.78, 5) is 50.4. The Kier molecular flexibility index (Phi) is 8.79. The van der Waals surface area contributed by atoms with Gasteiger partial charge < -0.3 is 25.8 Å². The number of carbonyl (C=O) groups is 3. The van der Waals surface area contributed by atoms with Crippen molar-refractivity contribution in [3.05, 3.63) is 71.4 Å². The fraction of sp³-hybridized carbons (Fsp3) is 0.475. The van der Waals surface area contributed by atoms with E-state index in [-0.39, 0.29) is 53.5 Å². The van der Waals surface area contributed by atoms with E-state index in [1.807, 2.05) is 41.4 Å². The molecule has 6 heterocycles. The highest BCUT2D eigenvalue weighted by Crippen LogP contribution is 2.50. The van der Waals surface area contributed by atoms with E-state index in [4.69, 9.17) is 10.1 Å². The lowest BCUT2D eigenvalue weighted by Crippen LogP contribution is -2.50. The van der Waals surface area contributed by atoms with Crippen LogP contribution < -0.4 is 20.9 Å². The lowest BCUT2D eigenvalue weighted by atomic mass is 9.91. The van der Waals surface area contributed by atoms with Crippen LogP contribution in [0.3, 0.4) is 0 Å². The smallest absolute Gasteiger partial charge is 0.274 e. The van der Waals surface area contributed by atoms with E-state index in [0.29, 0.717) is 17.2 Å². The predicted molar refractivity (Wildman–Crippen MR) is 205 cm³/mol. The first-order chi connectivity index (χ1) is 26.3. The van der Waals surface area contributed by atoms with Gasteiger partial charge in [-0.05, 0) is 70.1 Å². The average molecular weight is 730 g/mol. The number of hydrogen-bond donors (Lipinski definition) is 3. The predicted octanol–water partition coefficient (Wildman–Crippen LogP) is 5.47. The number of nitrogens with one attached hydrogen (secondary N) is 3. The molecule has 2 saturated heterocycles. The Hall–Kier alpha value is -5.37. The van der Waals surface area contributed by atoms with E-state index in [2.05, 4.69) is 67.6 Å². The highest BCUT2D eigenvalue weighted by atomic mass is 16.2. The van der Waals surface area contributed by atoms with Crippen molar-refractivity contribution in [1.82, 2.24) is 40.1 Å². The van der Waals surface area contributed by atoms with Gasteiger partial charge in [-0.25, -0.2) is 4.98 Å². The summed E-state index contributed by atoms with van der Waals surface area (Å²) in [6.07, 6.45) is 8.61. The topological polar surface area (TPSA) is 154 Å². The van der Waals surface area contributed by atoms with Crippen LogP contribution in [0.5, 0.6) is 0 Å². The third-order valence-electron chi connectivity index (χ3n) is 11.7. The van der Waals surface area contributed by atoms with E-state index in [1.54, 1.807) is 6.07 Å². The Morgan fingerprint density at radius 1 is 0.944 bits per heavy atom. The van der Waals surface area contributed by atoms with Crippen molar-refractivity contribution in [3.63, 3.8) is 0 Å². The number of anilines is 4. The highest BCUT2D eigenvalue weighted by molar-refractivity contribution is 6.01. The number of aromatic nitrogens is 5. The molecule has 1 aromatic carbocycles. The molecule has 0 spiro atoms. The Balaban J connectivity index is 0.970. The molecule has 5 aliphatic rings. The molecule has 2 aliphatic carbocycles. The number of pyridine rings is 1. The van der Waals surface area contributed by atoms with Crippen molar-refractivity contribution in [2.24, 2.45) is 5.92 Å². The molecular formula is C40H47N11O3. The molecule has 14 heteroatoms. The van der Waals surface area contributed by atoms with Gasteiger partial charge in [0.15, 0.2) is 11.5 Å². The van der Waals surface area contributed by atoms with E-state index in [1.165, 1.54) is 5.69 Å². The minimum Gasteiger partial charge on any atom is -0.364 e. The van der Waals surface area contributed by atoms with Crippen LogP contribution >= 0.6 is 0 Å². The molecule has 14 nitrogen and oxygen atoms in total. The maximum atomic E-state index is 13.3. The van der Waals surface area contributed by atoms with Gasteiger partial charge in [0.2, 0.25) is 5.91 Å². The van der Waals surface area contributed by atoms with Gasteiger partial charge in [-0.15, -0.1) is 10.2 Å². The fourth-order valence-corrected chi connectivity index (χ4v) is 8.20. The zero-order valence-electron chi connectivity index (χ0n) is 31.1. The number of hydrogen-bond acceptors (Lipinski definition) is 10. The van der Waals surface area contributed by atoms with Gasteiger partial charge in [-0.2, -0.15) is 5.10 Å². The summed E-state index contributed by atoms with van der Waals surface area (Å²) in [5, 5.41) is 23.0. The van der Waals surface area contributed by atoms with Crippen molar-refractivity contribution >= 4 is 40.6 Å². The van der Waals surface area contributed by atoms with Gasteiger partial charge in [0, 0.05) is 68.4 Å². The normalized spacial score (nSPS) is 20.2. The Bertz CT molecular complexity index is 2110. The van der Waals surface area contributed by atoms with E-state index >= 15 is 0 Å². The van der Waals surface area contributed by atoms with Crippen LogP contribution in [0.15, 0.2) is 48.7 Å². The minimum absolute atomic E-state index is 0.00820. The first-order valence-electron chi connectivity index (χ1n) is 19.5. The van der Waals surface area contributed by atoms with Crippen molar-refractivity contribution in [1.29, 1.82) is 0 Å². The van der Waals surface area contributed by atoms with Gasteiger partial charge in [0.1, 0.15) is 5.69 Å². The average Bonchev–Trinajstić information content (AvgIpc) is 4.08. The summed E-state index contributed by atoms with van der Waals surface area (Å²) < 4.78 is 2.22. The van der Waals surface area contributed by atoms with Crippen LogP contribution in [0.1, 0.15) is 109 Å². The standard InChI is InChI=1S/C40H47N11O3/c1-4-33-37-28(20-41-51(37)26-21-50(22-26)23(2)29-10-8-12-31(43-29)40(54)49-17-5-6-18-49)27-9-7-11-30(36(27)48(33)3)44-32-19-34(45-38(52)24-13-14-24)46-47-35(32)39(53)42-25-15-16-25/h7-12,19-20,23-26,33H,4-6,13-18,21-22H2,1-3H3,(H,42,53)(H2,44,45,46,52)/t23-,33+/m1/s1. The number of likely N-dealkylation sites (tertiary alicyclic amines) is 2. The molecule has 2 saturated carbocycles. The molecule has 3 aromatic heterocycles. The number of nitrogens with zero attached hydrogens (tertiary/aromatic N) is 8. The summed E-state index contributed by atoms with van der Waals surface area (Å²) in [5.74, 6) is -0.0125. The van der Waals surface area contributed by atoms with Crippen LogP contribution in [0.4, 0.5) is 22.9 Å². The maximum Gasteiger partial charge on any atom is 0.274 e. The van der Waals surface area contributed by atoms with Crippen molar-refractivity contribution in [2.45, 2.75) is 83.0 Å². The molecule has 0 radical (unpaired) electrons. The number of carbonyl (C=O) groups excluding carboxylic acids is 3. The van der Waals surface area contributed by atoms with Crippen molar-refractivity contribution < 1.29 is 14.4 Å². The summed E-state index contributed by atoms with van der Waals surface area (Å²) >= 11 is 0. The summed E-state index contributed by atoms with van der Waals surface area (Å²) in [7, 11) is 2.11. The zero-order chi connectivity index (χ0) is 37.1. The van der Waals surface area contributed by atoms with Crippen LogP contribution in [-0.4, -0.2) is 91.8 Å². The third-order valence-corrected chi connectivity index (χ3v) is 11.7. The van der Waals surface area contributed by atoms with Gasteiger partial charge >= 0.3 is 0 Å². The van der Waals surface area contributed by atoms with Crippen molar-refractivity contribution in [2.75, 3.05) is 48.8 Å².